The minimum Gasteiger partial charge on any atom is -0.394 e. The van der Waals surface area contributed by atoms with E-state index >= 15 is 0 Å². The lowest BCUT2D eigenvalue weighted by atomic mass is 10.1. The van der Waals surface area contributed by atoms with Crippen molar-refractivity contribution in [3.63, 3.8) is 0 Å². The number of carbonyl (C=O) groups excluding carboxylic acids is 1. The van der Waals surface area contributed by atoms with Crippen LogP contribution in [0.1, 0.15) is 35.0 Å². The summed E-state index contributed by atoms with van der Waals surface area (Å²) in [6, 6.07) is -0.338. The first-order valence-corrected chi connectivity index (χ1v) is 5.48. The maximum Gasteiger partial charge on any atom is 0.277 e. The minimum atomic E-state index is -0.515. The van der Waals surface area contributed by atoms with Gasteiger partial charge in [-0.1, -0.05) is 6.92 Å². The molecule has 6 heteroatoms. The number of aromatic amines is 1. The van der Waals surface area contributed by atoms with Crippen LogP contribution in [0.5, 0.6) is 0 Å². The molecule has 0 aliphatic carbocycles. The molecule has 94 valence electrons. The Bertz CT molecular complexity index is 464. The summed E-state index contributed by atoms with van der Waals surface area (Å²) in [6.45, 7) is 5.08. The number of hydrogen-bond donors (Lipinski definition) is 3. The standard InChI is InChI=1S/C11H17N3O3/c1-4-8(5-15)12-10(16)9-6(2)7(3)13-14-11(9)17/h8,15H,4-5H2,1-3H3,(H,12,16)(H,14,17). The minimum absolute atomic E-state index is 0.0596. The normalized spacial score (nSPS) is 12.2. The molecule has 0 aliphatic rings. The molecule has 0 bridgehead atoms. The molecule has 3 N–H and O–H groups in total. The molecule has 0 aromatic carbocycles. The van der Waals surface area contributed by atoms with Gasteiger partial charge in [-0.3, -0.25) is 9.59 Å². The van der Waals surface area contributed by atoms with E-state index in [2.05, 4.69) is 15.5 Å². The zero-order chi connectivity index (χ0) is 13.0. The molecule has 0 spiro atoms. The van der Waals surface area contributed by atoms with E-state index in [4.69, 9.17) is 5.11 Å². The van der Waals surface area contributed by atoms with Gasteiger partial charge in [-0.15, -0.1) is 0 Å². The lowest BCUT2D eigenvalue weighted by Gasteiger charge is -2.14. The van der Waals surface area contributed by atoms with Gasteiger partial charge in [0.2, 0.25) is 0 Å². The van der Waals surface area contributed by atoms with Gasteiger partial charge >= 0.3 is 0 Å². The van der Waals surface area contributed by atoms with Crippen molar-refractivity contribution in [2.75, 3.05) is 6.61 Å². The van der Waals surface area contributed by atoms with Gasteiger partial charge in [0, 0.05) is 0 Å². The molecule has 1 amide bonds. The quantitative estimate of drug-likeness (QED) is 0.683. The third-order valence-corrected chi connectivity index (χ3v) is 2.75. The van der Waals surface area contributed by atoms with Crippen molar-refractivity contribution in [1.82, 2.24) is 15.5 Å². The van der Waals surface area contributed by atoms with Crippen LogP contribution in [0, 0.1) is 13.8 Å². The molecule has 0 saturated carbocycles. The van der Waals surface area contributed by atoms with Crippen molar-refractivity contribution >= 4 is 5.91 Å². The Labute approximate surface area is 99.1 Å². The molecule has 1 unspecified atom stereocenters. The number of hydrogen-bond acceptors (Lipinski definition) is 4. The number of nitrogens with zero attached hydrogens (tertiary/aromatic N) is 1. The Morgan fingerprint density at radius 3 is 2.71 bits per heavy atom. The number of aryl methyl sites for hydroxylation is 1. The molecule has 0 saturated heterocycles. The number of carbonyl (C=O) groups is 1. The zero-order valence-electron chi connectivity index (χ0n) is 10.2. The van der Waals surface area contributed by atoms with Crippen molar-refractivity contribution < 1.29 is 9.90 Å². The highest BCUT2D eigenvalue weighted by Crippen LogP contribution is 2.05. The summed E-state index contributed by atoms with van der Waals surface area (Å²) in [7, 11) is 0. The number of aromatic nitrogens is 2. The molecular formula is C11H17N3O3. The molecule has 1 rings (SSSR count). The maximum absolute atomic E-state index is 11.9. The first kappa shape index (κ1) is 13.4. The van der Waals surface area contributed by atoms with Gasteiger partial charge in [-0.25, -0.2) is 5.10 Å². The Kier molecular flexibility index (Phi) is 4.39. The summed E-state index contributed by atoms with van der Waals surface area (Å²) in [6.07, 6.45) is 0.600. The van der Waals surface area contributed by atoms with Crippen LogP contribution in [-0.2, 0) is 0 Å². The van der Waals surface area contributed by atoms with E-state index in [9.17, 15) is 9.59 Å². The van der Waals surface area contributed by atoms with E-state index < -0.39 is 11.5 Å². The molecule has 17 heavy (non-hydrogen) atoms. The van der Waals surface area contributed by atoms with Gasteiger partial charge in [0.15, 0.2) is 0 Å². The maximum atomic E-state index is 11.9. The number of rotatable bonds is 4. The number of aliphatic hydroxyl groups is 1. The third-order valence-electron chi connectivity index (χ3n) is 2.75. The molecule has 1 atom stereocenters. The van der Waals surface area contributed by atoms with Crippen molar-refractivity contribution in [1.29, 1.82) is 0 Å². The van der Waals surface area contributed by atoms with Crippen LogP contribution in [0.4, 0.5) is 0 Å². The Hall–Kier alpha value is -1.69. The summed E-state index contributed by atoms with van der Waals surface area (Å²) >= 11 is 0. The molecule has 0 fully saturated rings. The Morgan fingerprint density at radius 1 is 1.53 bits per heavy atom. The van der Waals surface area contributed by atoms with Gasteiger partial charge in [0.05, 0.1) is 18.3 Å². The van der Waals surface area contributed by atoms with Crippen LogP contribution in [0.15, 0.2) is 4.79 Å². The fourth-order valence-electron chi connectivity index (χ4n) is 1.43. The van der Waals surface area contributed by atoms with E-state index in [1.165, 1.54) is 0 Å². The second-order valence-electron chi connectivity index (χ2n) is 3.90. The summed E-state index contributed by atoms with van der Waals surface area (Å²) in [5.41, 5.74) is 0.702. The van der Waals surface area contributed by atoms with Gasteiger partial charge in [0.25, 0.3) is 11.5 Å². The first-order valence-electron chi connectivity index (χ1n) is 5.48. The largest absolute Gasteiger partial charge is 0.394 e. The molecule has 1 aromatic heterocycles. The van der Waals surface area contributed by atoms with Crippen molar-refractivity contribution in [3.8, 4) is 0 Å². The second kappa shape index (κ2) is 5.58. The molecule has 1 aromatic rings. The highest BCUT2D eigenvalue weighted by atomic mass is 16.3. The second-order valence-corrected chi connectivity index (χ2v) is 3.90. The molecular weight excluding hydrogens is 222 g/mol. The van der Waals surface area contributed by atoms with E-state index in [-0.39, 0.29) is 18.2 Å². The van der Waals surface area contributed by atoms with Gasteiger partial charge < -0.3 is 10.4 Å². The highest BCUT2D eigenvalue weighted by molar-refractivity contribution is 5.95. The number of amides is 1. The molecule has 1 heterocycles. The van der Waals surface area contributed by atoms with Gasteiger partial charge in [0.1, 0.15) is 5.56 Å². The first-order chi connectivity index (χ1) is 8.01. The lowest BCUT2D eigenvalue weighted by Crippen LogP contribution is -2.40. The molecule has 0 aliphatic heterocycles. The SMILES string of the molecule is CCC(CO)NC(=O)c1c(C)c(C)n[nH]c1=O. The predicted octanol–water partition coefficient (Wildman–Crippen LogP) is -0.113. The van der Waals surface area contributed by atoms with E-state index in [0.29, 0.717) is 17.7 Å². The summed E-state index contributed by atoms with van der Waals surface area (Å²) < 4.78 is 0. The average Bonchev–Trinajstić information content (AvgIpc) is 2.31. The van der Waals surface area contributed by atoms with Crippen LogP contribution in [0.3, 0.4) is 0 Å². The number of nitrogens with one attached hydrogen (secondary N) is 2. The van der Waals surface area contributed by atoms with Crippen LogP contribution in [0.2, 0.25) is 0 Å². The fourth-order valence-corrected chi connectivity index (χ4v) is 1.43. The number of H-pyrrole nitrogens is 1. The Morgan fingerprint density at radius 2 is 2.18 bits per heavy atom. The van der Waals surface area contributed by atoms with E-state index in [1.54, 1.807) is 13.8 Å². The summed E-state index contributed by atoms with van der Waals surface area (Å²) in [4.78, 5) is 23.4. The number of aliphatic hydroxyl groups excluding tert-OH is 1. The van der Waals surface area contributed by atoms with Crippen molar-refractivity contribution in [2.45, 2.75) is 33.2 Å². The third kappa shape index (κ3) is 2.91. The Balaban J connectivity index is 3.04. The predicted molar refractivity (Wildman–Crippen MR) is 63.0 cm³/mol. The monoisotopic (exact) mass is 239 g/mol. The van der Waals surface area contributed by atoms with Crippen LogP contribution < -0.4 is 10.9 Å². The van der Waals surface area contributed by atoms with E-state index in [1.807, 2.05) is 6.92 Å². The summed E-state index contributed by atoms with van der Waals surface area (Å²) in [5, 5.41) is 17.7. The summed E-state index contributed by atoms with van der Waals surface area (Å²) in [5.74, 6) is -0.477. The topological polar surface area (TPSA) is 95.1 Å². The average molecular weight is 239 g/mol. The van der Waals surface area contributed by atoms with Gasteiger partial charge in [-0.2, -0.15) is 5.10 Å². The van der Waals surface area contributed by atoms with Crippen molar-refractivity contribution in [2.24, 2.45) is 0 Å². The highest BCUT2D eigenvalue weighted by Gasteiger charge is 2.18. The van der Waals surface area contributed by atoms with Crippen molar-refractivity contribution in [3.05, 3.63) is 27.2 Å². The lowest BCUT2D eigenvalue weighted by molar-refractivity contribution is 0.0912. The fraction of sp³-hybridized carbons (Fsp3) is 0.545. The van der Waals surface area contributed by atoms with Crippen LogP contribution in [0.25, 0.3) is 0 Å². The van der Waals surface area contributed by atoms with Crippen LogP contribution >= 0.6 is 0 Å². The van der Waals surface area contributed by atoms with E-state index in [0.717, 1.165) is 0 Å². The zero-order valence-corrected chi connectivity index (χ0v) is 10.2. The van der Waals surface area contributed by atoms with Gasteiger partial charge in [-0.05, 0) is 25.8 Å². The van der Waals surface area contributed by atoms with Crippen LogP contribution in [-0.4, -0.2) is 33.9 Å². The molecule has 6 nitrogen and oxygen atoms in total. The molecule has 0 radical (unpaired) electrons. The smallest absolute Gasteiger partial charge is 0.277 e.